The summed E-state index contributed by atoms with van der Waals surface area (Å²) in [5, 5.41) is 7.09. The van der Waals surface area contributed by atoms with Gasteiger partial charge >= 0.3 is 0 Å². The molecule has 48 valence electrons. The lowest BCUT2D eigenvalue weighted by atomic mass is 10.3. The number of rotatable bonds is 1. The molecule has 0 bridgehead atoms. The highest BCUT2D eigenvalue weighted by molar-refractivity contribution is 5.16. The van der Waals surface area contributed by atoms with Gasteiger partial charge in [-0.2, -0.15) is 5.10 Å². The smallest absolute Gasteiger partial charge is 0.0655 e. The van der Waals surface area contributed by atoms with Gasteiger partial charge in [0, 0.05) is 11.6 Å². The molecule has 0 aromatic carbocycles. The molecule has 0 aliphatic heterocycles. The first-order chi connectivity index (χ1) is 4.36. The lowest BCUT2D eigenvalue weighted by Crippen LogP contribution is -1.75. The highest BCUT2D eigenvalue weighted by Gasteiger charge is 2.25. The molecule has 0 unspecified atom stereocenters. The average Bonchev–Trinajstić information content (AvgIpc) is 2.58. The van der Waals surface area contributed by atoms with E-state index in [4.69, 9.17) is 0 Å². The molecule has 1 aromatic rings. The van der Waals surface area contributed by atoms with Crippen LogP contribution in [0.3, 0.4) is 0 Å². The van der Waals surface area contributed by atoms with E-state index in [0.29, 0.717) is 0 Å². The van der Waals surface area contributed by atoms with Gasteiger partial charge in [0.2, 0.25) is 0 Å². The predicted molar refractivity (Wildman–Crippen MR) is 35.3 cm³/mol. The third-order valence-corrected chi connectivity index (χ3v) is 1.72. The van der Waals surface area contributed by atoms with Crippen LogP contribution >= 0.6 is 0 Å². The fourth-order valence-electron chi connectivity index (χ4n) is 1.03. The molecule has 1 saturated carbocycles. The third-order valence-electron chi connectivity index (χ3n) is 1.72. The van der Waals surface area contributed by atoms with Crippen LogP contribution in [0, 0.1) is 6.92 Å². The quantitative estimate of drug-likeness (QED) is 0.602. The van der Waals surface area contributed by atoms with Crippen LogP contribution in [0.5, 0.6) is 0 Å². The molecule has 1 heterocycles. The summed E-state index contributed by atoms with van der Waals surface area (Å²) >= 11 is 0. The largest absolute Gasteiger partial charge is 0.283 e. The molecule has 0 radical (unpaired) electrons. The van der Waals surface area contributed by atoms with Crippen LogP contribution in [0.1, 0.15) is 30.1 Å². The Labute approximate surface area is 54.3 Å². The summed E-state index contributed by atoms with van der Waals surface area (Å²) in [5.41, 5.74) is 2.43. The van der Waals surface area contributed by atoms with Crippen LogP contribution in [0.4, 0.5) is 0 Å². The van der Waals surface area contributed by atoms with E-state index in [1.165, 1.54) is 24.2 Å². The van der Waals surface area contributed by atoms with Crippen molar-refractivity contribution in [3.63, 3.8) is 0 Å². The van der Waals surface area contributed by atoms with Crippen molar-refractivity contribution in [2.45, 2.75) is 25.7 Å². The molecule has 9 heavy (non-hydrogen) atoms. The van der Waals surface area contributed by atoms with Gasteiger partial charge in [0.05, 0.1) is 5.69 Å². The van der Waals surface area contributed by atoms with Crippen molar-refractivity contribution in [1.29, 1.82) is 0 Å². The van der Waals surface area contributed by atoms with Crippen molar-refractivity contribution >= 4 is 0 Å². The second-order valence-corrected chi connectivity index (χ2v) is 2.75. The molecule has 0 saturated heterocycles. The van der Waals surface area contributed by atoms with Gasteiger partial charge in [-0.15, -0.1) is 0 Å². The van der Waals surface area contributed by atoms with Crippen molar-refractivity contribution < 1.29 is 0 Å². The normalized spacial score (nSPS) is 18.3. The molecule has 0 spiro atoms. The summed E-state index contributed by atoms with van der Waals surface area (Å²) in [5.74, 6) is 0.787. The van der Waals surface area contributed by atoms with Crippen molar-refractivity contribution in [2.75, 3.05) is 0 Å². The van der Waals surface area contributed by atoms with Gasteiger partial charge < -0.3 is 0 Å². The lowest BCUT2D eigenvalue weighted by Gasteiger charge is -1.81. The number of H-pyrrole nitrogens is 1. The predicted octanol–water partition coefficient (Wildman–Crippen LogP) is 1.60. The summed E-state index contributed by atoms with van der Waals surface area (Å²) in [6.07, 6.45) is 2.68. The Morgan fingerprint density at radius 1 is 1.67 bits per heavy atom. The Bertz CT molecular complexity index is 210. The number of nitrogens with zero attached hydrogens (tertiary/aromatic N) is 1. The van der Waals surface area contributed by atoms with Crippen LogP contribution in [0.2, 0.25) is 0 Å². The maximum atomic E-state index is 4.15. The molecule has 2 heteroatoms. The van der Waals surface area contributed by atoms with E-state index in [0.717, 1.165) is 5.92 Å². The summed E-state index contributed by atoms with van der Waals surface area (Å²) in [6.45, 7) is 2.04. The summed E-state index contributed by atoms with van der Waals surface area (Å²) in [6, 6.07) is 2.14. The Hall–Kier alpha value is -0.790. The maximum Gasteiger partial charge on any atom is 0.0655 e. The highest BCUT2D eigenvalue weighted by atomic mass is 15.1. The number of aromatic amines is 1. The Kier molecular flexibility index (Phi) is 0.891. The van der Waals surface area contributed by atoms with Gasteiger partial charge in [0.15, 0.2) is 0 Å². The summed E-state index contributed by atoms with van der Waals surface area (Å²) in [4.78, 5) is 0. The zero-order valence-electron chi connectivity index (χ0n) is 5.52. The Balaban J connectivity index is 2.28. The second kappa shape index (κ2) is 1.59. The molecule has 1 fully saturated rings. The molecular weight excluding hydrogens is 112 g/mol. The Morgan fingerprint density at radius 3 is 2.89 bits per heavy atom. The minimum absolute atomic E-state index is 0.787. The van der Waals surface area contributed by atoms with Crippen LogP contribution in [-0.4, -0.2) is 10.2 Å². The van der Waals surface area contributed by atoms with Gasteiger partial charge in [-0.1, -0.05) is 0 Å². The molecule has 1 aliphatic rings. The van der Waals surface area contributed by atoms with Crippen molar-refractivity contribution in [3.8, 4) is 0 Å². The van der Waals surface area contributed by atoms with Crippen molar-refractivity contribution in [3.05, 3.63) is 17.5 Å². The lowest BCUT2D eigenvalue weighted by molar-refractivity contribution is 0.954. The zero-order valence-corrected chi connectivity index (χ0v) is 5.52. The molecule has 0 atom stereocenters. The maximum absolute atomic E-state index is 4.15. The number of aryl methyl sites for hydroxylation is 1. The monoisotopic (exact) mass is 122 g/mol. The van der Waals surface area contributed by atoms with Crippen molar-refractivity contribution in [1.82, 2.24) is 10.2 Å². The second-order valence-electron chi connectivity index (χ2n) is 2.75. The number of hydrogen-bond acceptors (Lipinski definition) is 1. The van der Waals surface area contributed by atoms with Crippen LogP contribution < -0.4 is 0 Å². The van der Waals surface area contributed by atoms with Crippen LogP contribution in [0.25, 0.3) is 0 Å². The summed E-state index contributed by atoms with van der Waals surface area (Å²) in [7, 11) is 0. The fraction of sp³-hybridized carbons (Fsp3) is 0.571. The molecule has 0 amide bonds. The van der Waals surface area contributed by atoms with E-state index in [-0.39, 0.29) is 0 Å². The molecular formula is C7H10N2. The fourth-order valence-corrected chi connectivity index (χ4v) is 1.03. The third kappa shape index (κ3) is 0.846. The van der Waals surface area contributed by atoms with Gasteiger partial charge in [-0.25, -0.2) is 0 Å². The molecule has 1 aliphatic carbocycles. The van der Waals surface area contributed by atoms with Gasteiger partial charge in [-0.05, 0) is 25.8 Å². The van der Waals surface area contributed by atoms with Gasteiger partial charge in [0.1, 0.15) is 0 Å². The minimum atomic E-state index is 0.787. The highest BCUT2D eigenvalue weighted by Crippen LogP contribution is 2.38. The SMILES string of the molecule is Cc1cc(C2CC2)n[nH]1. The standard InChI is InChI=1S/C7H10N2/c1-5-4-7(9-8-5)6-2-3-6/h4,6H,2-3H2,1H3,(H,8,9). The Morgan fingerprint density at radius 2 is 2.44 bits per heavy atom. The van der Waals surface area contributed by atoms with E-state index < -0.39 is 0 Å². The van der Waals surface area contributed by atoms with Crippen molar-refractivity contribution in [2.24, 2.45) is 0 Å². The topological polar surface area (TPSA) is 28.7 Å². The van der Waals surface area contributed by atoms with Crippen LogP contribution in [0.15, 0.2) is 6.07 Å². The molecule has 2 nitrogen and oxygen atoms in total. The average molecular weight is 122 g/mol. The summed E-state index contributed by atoms with van der Waals surface area (Å²) < 4.78 is 0. The van der Waals surface area contributed by atoms with Gasteiger partial charge in [-0.3, -0.25) is 5.10 Å². The zero-order chi connectivity index (χ0) is 6.27. The first-order valence-electron chi connectivity index (χ1n) is 3.38. The molecule has 1 N–H and O–H groups in total. The molecule has 1 aromatic heterocycles. The van der Waals surface area contributed by atoms with E-state index in [2.05, 4.69) is 16.3 Å². The number of nitrogens with one attached hydrogen (secondary N) is 1. The van der Waals surface area contributed by atoms with Gasteiger partial charge in [0.25, 0.3) is 0 Å². The van der Waals surface area contributed by atoms with E-state index in [1.54, 1.807) is 0 Å². The van der Waals surface area contributed by atoms with E-state index in [1.807, 2.05) is 6.92 Å². The van der Waals surface area contributed by atoms with Crippen LogP contribution in [-0.2, 0) is 0 Å². The first-order valence-corrected chi connectivity index (χ1v) is 3.38. The number of aromatic nitrogens is 2. The minimum Gasteiger partial charge on any atom is -0.283 e. The number of hydrogen-bond donors (Lipinski definition) is 1. The first kappa shape index (κ1) is 5.03. The van der Waals surface area contributed by atoms with E-state index >= 15 is 0 Å². The molecule has 2 rings (SSSR count). The van der Waals surface area contributed by atoms with E-state index in [9.17, 15) is 0 Å².